The van der Waals surface area contributed by atoms with Crippen LogP contribution in [0.25, 0.3) is 0 Å². The number of rotatable bonds is 11. The largest absolute Gasteiger partial charge is 0.497 e. The number of aliphatic hydroxyl groups is 3. The van der Waals surface area contributed by atoms with Crippen LogP contribution in [0.3, 0.4) is 0 Å². The molecule has 2 aliphatic heterocycles. The summed E-state index contributed by atoms with van der Waals surface area (Å²) in [5, 5.41) is 28.4. The number of aliphatic hydroxyl groups excluding tert-OH is 2. The number of carbonyl (C=O) groups excluding carboxylic acids is 2. The van der Waals surface area contributed by atoms with Gasteiger partial charge in [-0.2, -0.15) is 0 Å². The third-order valence-corrected chi connectivity index (χ3v) is 15.7. The number of allylic oxidation sites excluding steroid dienone is 2. The summed E-state index contributed by atoms with van der Waals surface area (Å²) < 4.78 is 21.3. The number of hydrogen-bond donors (Lipinski definition) is 3. The number of hydrogen-bond acceptors (Lipinski definition) is 11. The van der Waals surface area contributed by atoms with E-state index in [0.29, 0.717) is 24.1 Å². The molecule has 3 N–H and O–H groups in total. The van der Waals surface area contributed by atoms with Crippen LogP contribution in [0, 0.1) is 0 Å². The number of carbonyl (C=O) groups is 2. The van der Waals surface area contributed by atoms with Gasteiger partial charge in [0.1, 0.15) is 17.6 Å². The van der Waals surface area contributed by atoms with Gasteiger partial charge in [-0.25, -0.2) is 4.79 Å². The summed E-state index contributed by atoms with van der Waals surface area (Å²) in [4.78, 5) is 25.9. The molecule has 1 aromatic carbocycles. The Kier molecular flexibility index (Phi) is 27.8. The number of ketones is 1. The molecule has 0 aromatic heterocycles. The number of epoxide rings is 2. The number of likely N-dealkylation sites (N-methyl/N-ethyl adjacent to an activating group) is 2. The van der Waals surface area contributed by atoms with E-state index in [1.54, 1.807) is 13.2 Å². The van der Waals surface area contributed by atoms with Crippen molar-refractivity contribution in [2.75, 3.05) is 68.2 Å². The topological polar surface area (TPSA) is 145 Å². The standard InChI is InChI=1S/C17H27NO2.C10H19NO.C10H16O2.C8H14O2.C8H14O.C6H10O/c1-18(2)13-16(17(19)11-5-4-6-12-17)14-7-9-15(20-3)10-8-14;1-11(2)8-9-10(12-9)6-4-3-5-7-10;1-2-12-10(11)8-9-6-4-3-5-7-9;9-6-7-8(10-7)4-2-1-3-5-8;9-7-6-8-4-2-1-3-5-8;7-6-4-2-1-3-5-6/h7-10,16,19H,4-6,11-13H2,1-3H3;9H,3-8H2,1-2H3;8H,2-7H2,1H3;7,9H,1-6H2;6,9H,1-5,7H2;1-5H2. The highest BCUT2D eigenvalue weighted by Crippen LogP contribution is 2.49. The van der Waals surface area contributed by atoms with Crippen LogP contribution in [0.5, 0.6) is 5.75 Å². The lowest BCUT2D eigenvalue weighted by molar-refractivity contribution is -0.137. The van der Waals surface area contributed by atoms with Crippen molar-refractivity contribution in [2.45, 2.75) is 234 Å². The minimum atomic E-state index is -0.558. The monoisotopic (exact) mass is 981 g/mol. The molecule has 2 saturated heterocycles. The summed E-state index contributed by atoms with van der Waals surface area (Å²) in [6, 6.07) is 8.17. The van der Waals surface area contributed by atoms with E-state index < -0.39 is 5.60 Å². The first-order chi connectivity index (χ1) is 33.8. The SMILES string of the molecule is CCOC(=O)C=C1CCCCC1.CN(C)CC1OC12CCCCC2.COc1ccc(C(CN(C)C)C2(O)CCCCC2)cc1.O=C1CCCCC1.OCC1OC12CCCCC2.OCC=C1CCCCC1. The first-order valence-electron chi connectivity index (χ1n) is 28.1. The molecule has 3 unspecified atom stereocenters. The van der Waals surface area contributed by atoms with Crippen molar-refractivity contribution in [3.63, 3.8) is 0 Å². The molecule has 400 valence electrons. The number of benzene rings is 1. The molecule has 2 spiro atoms. The highest BCUT2D eigenvalue weighted by atomic mass is 16.6. The number of ether oxygens (including phenoxy) is 4. The quantitative estimate of drug-likeness (QED) is 0.0843. The minimum Gasteiger partial charge on any atom is -0.497 e. The Balaban J connectivity index is 0.000000189. The third kappa shape index (κ3) is 21.8. The number of esters is 1. The van der Waals surface area contributed by atoms with Gasteiger partial charge in [0.2, 0.25) is 0 Å². The Hall–Kier alpha value is -2.64. The molecule has 2 heterocycles. The van der Waals surface area contributed by atoms with Crippen molar-refractivity contribution < 1.29 is 43.9 Å². The lowest BCUT2D eigenvalue weighted by Crippen LogP contribution is -2.42. The Morgan fingerprint density at radius 3 is 1.53 bits per heavy atom. The molecule has 6 aliphatic carbocycles. The zero-order valence-corrected chi connectivity index (χ0v) is 45.1. The highest BCUT2D eigenvalue weighted by molar-refractivity contribution is 5.82. The zero-order valence-electron chi connectivity index (χ0n) is 45.1. The summed E-state index contributed by atoms with van der Waals surface area (Å²) in [5.74, 6) is 1.33. The maximum Gasteiger partial charge on any atom is 0.330 e. The second-order valence-corrected chi connectivity index (χ2v) is 22.0. The first kappa shape index (κ1) is 59.9. The first-order valence-corrected chi connectivity index (χ1v) is 28.1. The average Bonchev–Trinajstić information content (AvgIpc) is 4.26. The average molecular weight is 981 g/mol. The van der Waals surface area contributed by atoms with Gasteiger partial charge in [0.05, 0.1) is 49.8 Å². The van der Waals surface area contributed by atoms with E-state index in [4.69, 9.17) is 29.2 Å². The molecule has 9 rings (SSSR count). The van der Waals surface area contributed by atoms with Crippen LogP contribution in [0.15, 0.2) is 47.6 Å². The lowest BCUT2D eigenvalue weighted by Gasteiger charge is -2.40. The summed E-state index contributed by atoms with van der Waals surface area (Å²) in [6.45, 7) is 4.75. The zero-order chi connectivity index (χ0) is 50.7. The summed E-state index contributed by atoms with van der Waals surface area (Å²) in [7, 11) is 10.1. The molecule has 8 aliphatic rings. The predicted octanol–water partition coefficient (Wildman–Crippen LogP) is 11.6. The Morgan fingerprint density at radius 2 is 1.11 bits per heavy atom. The Morgan fingerprint density at radius 1 is 0.657 bits per heavy atom. The van der Waals surface area contributed by atoms with Crippen molar-refractivity contribution in [3.05, 3.63) is 53.1 Å². The van der Waals surface area contributed by atoms with Crippen LogP contribution >= 0.6 is 0 Å². The normalized spacial score (nSPS) is 24.2. The van der Waals surface area contributed by atoms with Crippen molar-refractivity contribution in [2.24, 2.45) is 0 Å². The maximum absolute atomic E-state index is 11.1. The minimum absolute atomic E-state index is 0.146. The second-order valence-electron chi connectivity index (χ2n) is 22.0. The molecule has 3 atom stereocenters. The molecule has 1 aromatic rings. The van der Waals surface area contributed by atoms with Gasteiger partial charge in [0.15, 0.2) is 0 Å². The van der Waals surface area contributed by atoms with E-state index >= 15 is 0 Å². The smallest absolute Gasteiger partial charge is 0.330 e. The second kappa shape index (κ2) is 32.5. The van der Waals surface area contributed by atoms with E-state index in [1.807, 2.05) is 25.1 Å². The number of methoxy groups -OCH3 is 1. The van der Waals surface area contributed by atoms with Gasteiger partial charge in [-0.1, -0.05) is 106 Å². The van der Waals surface area contributed by atoms with E-state index in [2.05, 4.69) is 50.1 Å². The van der Waals surface area contributed by atoms with E-state index in [-0.39, 0.29) is 36.8 Å². The van der Waals surface area contributed by atoms with Crippen molar-refractivity contribution in [1.29, 1.82) is 0 Å². The van der Waals surface area contributed by atoms with Crippen molar-refractivity contribution in [1.82, 2.24) is 9.80 Å². The Bertz CT molecular complexity index is 1630. The number of Topliss-reactive ketones (excluding diaryl/α,β-unsaturated/α-hetero) is 1. The van der Waals surface area contributed by atoms with Crippen molar-refractivity contribution in [3.8, 4) is 5.75 Å². The van der Waals surface area contributed by atoms with Gasteiger partial charge in [-0.05, 0) is 156 Å². The van der Waals surface area contributed by atoms with Crippen LogP contribution in [-0.4, -0.2) is 134 Å². The summed E-state index contributed by atoms with van der Waals surface area (Å²) >= 11 is 0. The highest BCUT2D eigenvalue weighted by Gasteiger charge is 2.56. The molecule has 8 fully saturated rings. The molecule has 11 nitrogen and oxygen atoms in total. The number of nitrogens with zero attached hydrogens (tertiary/aromatic N) is 2. The van der Waals surface area contributed by atoms with Crippen LogP contribution < -0.4 is 4.74 Å². The van der Waals surface area contributed by atoms with Gasteiger partial charge >= 0.3 is 5.97 Å². The fourth-order valence-electron chi connectivity index (χ4n) is 11.5. The molecule has 70 heavy (non-hydrogen) atoms. The molecule has 0 amide bonds. The fourth-order valence-corrected chi connectivity index (χ4v) is 11.5. The third-order valence-electron chi connectivity index (χ3n) is 15.7. The van der Waals surface area contributed by atoms with E-state index in [9.17, 15) is 14.7 Å². The van der Waals surface area contributed by atoms with Crippen LogP contribution in [0.2, 0.25) is 0 Å². The summed E-state index contributed by atoms with van der Waals surface area (Å²) in [5.41, 5.74) is 3.86. The van der Waals surface area contributed by atoms with Crippen LogP contribution in [-0.2, 0) is 23.8 Å². The lowest BCUT2D eigenvalue weighted by atomic mass is 9.72. The van der Waals surface area contributed by atoms with Gasteiger partial charge in [0.25, 0.3) is 0 Å². The molecule has 11 heteroatoms. The maximum atomic E-state index is 11.1. The van der Waals surface area contributed by atoms with Crippen molar-refractivity contribution >= 4 is 11.8 Å². The molecule has 6 saturated carbocycles. The van der Waals surface area contributed by atoms with Gasteiger partial charge in [-0.15, -0.1) is 0 Å². The van der Waals surface area contributed by atoms with Crippen LogP contribution in [0.4, 0.5) is 0 Å². The Labute approximate surface area is 425 Å². The fraction of sp³-hybridized carbons (Fsp3) is 0.797. The molecular weight excluding hydrogens is 881 g/mol. The predicted molar refractivity (Wildman–Crippen MR) is 283 cm³/mol. The summed E-state index contributed by atoms with van der Waals surface area (Å²) in [6.07, 6.45) is 40.4. The van der Waals surface area contributed by atoms with E-state index in [1.165, 1.54) is 145 Å². The molecule has 0 radical (unpaired) electrons. The van der Waals surface area contributed by atoms with E-state index in [0.717, 1.165) is 83.0 Å². The molecule has 0 bridgehead atoms. The van der Waals surface area contributed by atoms with Gasteiger partial charge in [0, 0.05) is 37.9 Å². The van der Waals surface area contributed by atoms with Gasteiger partial charge in [-0.3, -0.25) is 4.79 Å². The van der Waals surface area contributed by atoms with Crippen LogP contribution in [0.1, 0.15) is 211 Å². The molecular formula is C59H100N2O9. The van der Waals surface area contributed by atoms with Gasteiger partial charge < -0.3 is 44.1 Å².